The molecule has 0 atom stereocenters. The summed E-state index contributed by atoms with van der Waals surface area (Å²) < 4.78 is 28.1. The van der Waals surface area contributed by atoms with Crippen LogP contribution in [0.25, 0.3) is 0 Å². The van der Waals surface area contributed by atoms with Gasteiger partial charge in [0.1, 0.15) is 0 Å². The highest BCUT2D eigenvalue weighted by Gasteiger charge is 2.26. The average Bonchev–Trinajstić information content (AvgIpc) is 2.58. The van der Waals surface area contributed by atoms with Crippen molar-refractivity contribution >= 4 is 27.6 Å². The Morgan fingerprint density at radius 3 is 2.31 bits per heavy atom. The largest absolute Gasteiger partial charge is 0.333 e. The van der Waals surface area contributed by atoms with Crippen molar-refractivity contribution in [2.75, 3.05) is 25.0 Å². The van der Waals surface area contributed by atoms with Crippen LogP contribution in [0.3, 0.4) is 0 Å². The van der Waals surface area contributed by atoms with Gasteiger partial charge in [-0.15, -0.1) is 0 Å². The van der Waals surface area contributed by atoms with E-state index in [1.54, 1.807) is 24.0 Å². The summed E-state index contributed by atoms with van der Waals surface area (Å²) in [6.45, 7) is 10.5. The number of nitrogens with zero attached hydrogens (tertiary/aromatic N) is 1. The molecule has 0 aromatic heterocycles. The van der Waals surface area contributed by atoms with Crippen LogP contribution in [0.4, 0.5) is 10.5 Å². The van der Waals surface area contributed by atoms with E-state index in [2.05, 4.69) is 15.4 Å². The van der Waals surface area contributed by atoms with Crippen LogP contribution in [0.5, 0.6) is 0 Å². The SMILES string of the molecule is CC(=O)Nc1ccc(S(=O)(=O)NCC2CCN(C(=O)NC(C)(C)C)CC2)c(C)c1. The molecule has 1 aliphatic heterocycles. The Balaban J connectivity index is 1.90. The van der Waals surface area contributed by atoms with Crippen molar-refractivity contribution in [1.82, 2.24) is 14.9 Å². The molecule has 0 radical (unpaired) electrons. The van der Waals surface area contributed by atoms with Crippen molar-refractivity contribution in [3.63, 3.8) is 0 Å². The molecule has 0 saturated carbocycles. The zero-order valence-electron chi connectivity index (χ0n) is 17.8. The van der Waals surface area contributed by atoms with Gasteiger partial charge in [-0.05, 0) is 70.2 Å². The number of anilines is 1. The van der Waals surface area contributed by atoms with Crippen molar-refractivity contribution in [3.8, 4) is 0 Å². The average molecular weight is 425 g/mol. The second kappa shape index (κ2) is 9.13. The van der Waals surface area contributed by atoms with E-state index in [1.165, 1.54) is 13.0 Å². The summed E-state index contributed by atoms with van der Waals surface area (Å²) >= 11 is 0. The number of sulfonamides is 1. The molecular weight excluding hydrogens is 392 g/mol. The molecule has 1 heterocycles. The quantitative estimate of drug-likeness (QED) is 0.675. The lowest BCUT2D eigenvalue weighted by molar-refractivity contribution is -0.114. The van der Waals surface area contributed by atoms with Crippen LogP contribution in [-0.4, -0.2) is 50.4 Å². The highest BCUT2D eigenvalue weighted by atomic mass is 32.2. The first-order chi connectivity index (χ1) is 13.4. The summed E-state index contributed by atoms with van der Waals surface area (Å²) in [6, 6.07) is 4.64. The Hall–Kier alpha value is -2.13. The summed E-state index contributed by atoms with van der Waals surface area (Å²) in [4.78, 5) is 25.4. The number of piperidine rings is 1. The number of likely N-dealkylation sites (tertiary alicyclic amines) is 1. The third-order valence-corrected chi connectivity index (χ3v) is 6.31. The second-order valence-electron chi connectivity index (χ2n) is 8.62. The van der Waals surface area contributed by atoms with Crippen LogP contribution in [0.15, 0.2) is 23.1 Å². The molecule has 3 N–H and O–H groups in total. The maximum atomic E-state index is 12.7. The number of rotatable bonds is 5. The Morgan fingerprint density at radius 2 is 1.79 bits per heavy atom. The predicted molar refractivity (Wildman–Crippen MR) is 113 cm³/mol. The van der Waals surface area contributed by atoms with Gasteiger partial charge in [-0.3, -0.25) is 4.79 Å². The second-order valence-corrected chi connectivity index (χ2v) is 10.4. The fourth-order valence-electron chi connectivity index (χ4n) is 3.28. The van der Waals surface area contributed by atoms with Crippen LogP contribution in [-0.2, 0) is 14.8 Å². The third-order valence-electron chi connectivity index (χ3n) is 4.73. The fourth-order valence-corrected chi connectivity index (χ4v) is 4.62. The first-order valence-electron chi connectivity index (χ1n) is 9.82. The van der Waals surface area contributed by atoms with E-state index in [0.717, 1.165) is 12.8 Å². The number of hydrogen-bond donors (Lipinski definition) is 3. The van der Waals surface area contributed by atoms with Crippen LogP contribution in [0, 0.1) is 12.8 Å². The highest BCUT2D eigenvalue weighted by molar-refractivity contribution is 7.89. The van der Waals surface area contributed by atoms with Gasteiger partial charge in [0.05, 0.1) is 4.90 Å². The van der Waals surface area contributed by atoms with E-state index in [-0.39, 0.29) is 28.3 Å². The number of amides is 3. The summed E-state index contributed by atoms with van der Waals surface area (Å²) in [5.41, 5.74) is 0.851. The van der Waals surface area contributed by atoms with Crippen LogP contribution >= 0.6 is 0 Å². The van der Waals surface area contributed by atoms with Gasteiger partial charge >= 0.3 is 6.03 Å². The lowest BCUT2D eigenvalue weighted by Gasteiger charge is -2.34. The summed E-state index contributed by atoms with van der Waals surface area (Å²) in [5.74, 6) is -0.0249. The minimum absolute atomic E-state index is 0.0774. The molecule has 1 saturated heterocycles. The van der Waals surface area contributed by atoms with E-state index in [0.29, 0.717) is 30.9 Å². The molecule has 29 heavy (non-hydrogen) atoms. The molecule has 9 heteroatoms. The molecule has 1 aromatic rings. The highest BCUT2D eigenvalue weighted by Crippen LogP contribution is 2.21. The molecule has 162 valence electrons. The van der Waals surface area contributed by atoms with Crippen LogP contribution in [0.2, 0.25) is 0 Å². The number of carbonyl (C=O) groups excluding carboxylic acids is 2. The monoisotopic (exact) mass is 424 g/mol. The number of aryl methyl sites for hydroxylation is 1. The normalized spacial score (nSPS) is 15.8. The Kier molecular flexibility index (Phi) is 7.29. The summed E-state index contributed by atoms with van der Waals surface area (Å²) in [7, 11) is -3.65. The topological polar surface area (TPSA) is 108 Å². The molecule has 1 fully saturated rings. The first-order valence-corrected chi connectivity index (χ1v) is 11.3. The van der Waals surface area contributed by atoms with Crippen molar-refractivity contribution in [1.29, 1.82) is 0 Å². The number of carbonyl (C=O) groups is 2. The van der Waals surface area contributed by atoms with Crippen molar-refractivity contribution < 1.29 is 18.0 Å². The number of benzene rings is 1. The minimum atomic E-state index is -3.65. The molecule has 0 aliphatic carbocycles. The standard InChI is InChI=1S/C20H32N4O4S/c1-14-12-17(22-15(2)25)6-7-18(14)29(27,28)21-13-16-8-10-24(11-9-16)19(26)23-20(3,4)5/h6-7,12,16,21H,8-11,13H2,1-5H3,(H,22,25)(H,23,26). The zero-order valence-corrected chi connectivity index (χ0v) is 18.6. The zero-order chi connectivity index (χ0) is 21.8. The molecule has 0 spiro atoms. The molecule has 0 bridgehead atoms. The van der Waals surface area contributed by atoms with Crippen molar-refractivity contribution in [3.05, 3.63) is 23.8 Å². The first kappa shape index (κ1) is 23.2. The number of hydrogen-bond acceptors (Lipinski definition) is 4. The van der Waals surface area contributed by atoms with Crippen molar-refractivity contribution in [2.45, 2.75) is 57.9 Å². The van der Waals surface area contributed by atoms with E-state index in [4.69, 9.17) is 0 Å². The Morgan fingerprint density at radius 1 is 1.17 bits per heavy atom. The Labute approximate surface area is 173 Å². The number of urea groups is 1. The predicted octanol–water partition coefficient (Wildman–Crippen LogP) is 2.45. The molecule has 8 nitrogen and oxygen atoms in total. The molecule has 2 rings (SSSR count). The summed E-state index contributed by atoms with van der Waals surface area (Å²) in [5, 5.41) is 5.60. The van der Waals surface area contributed by atoms with Gasteiger partial charge < -0.3 is 15.5 Å². The lowest BCUT2D eigenvalue weighted by Crippen LogP contribution is -2.51. The van der Waals surface area contributed by atoms with E-state index in [9.17, 15) is 18.0 Å². The van der Waals surface area contributed by atoms with Gasteiger partial charge in [-0.1, -0.05) is 0 Å². The van der Waals surface area contributed by atoms with Gasteiger partial charge in [0, 0.05) is 37.8 Å². The van der Waals surface area contributed by atoms with E-state index >= 15 is 0 Å². The van der Waals surface area contributed by atoms with E-state index in [1.807, 2.05) is 20.8 Å². The van der Waals surface area contributed by atoms with Gasteiger partial charge in [-0.2, -0.15) is 0 Å². The van der Waals surface area contributed by atoms with E-state index < -0.39 is 10.0 Å². The number of nitrogens with one attached hydrogen (secondary N) is 3. The fraction of sp³-hybridized carbons (Fsp3) is 0.600. The van der Waals surface area contributed by atoms with Gasteiger partial charge in [0.2, 0.25) is 15.9 Å². The van der Waals surface area contributed by atoms with Crippen LogP contribution in [0.1, 0.15) is 46.1 Å². The Bertz CT molecular complexity index is 854. The maximum Gasteiger partial charge on any atom is 0.317 e. The smallest absolute Gasteiger partial charge is 0.317 e. The third kappa shape index (κ3) is 7.01. The van der Waals surface area contributed by atoms with Crippen LogP contribution < -0.4 is 15.4 Å². The molecular formula is C20H32N4O4S. The van der Waals surface area contributed by atoms with Crippen molar-refractivity contribution in [2.24, 2.45) is 5.92 Å². The summed E-state index contributed by atoms with van der Waals surface area (Å²) in [6.07, 6.45) is 1.50. The molecule has 1 aromatic carbocycles. The van der Waals surface area contributed by atoms with Gasteiger partial charge in [0.25, 0.3) is 0 Å². The lowest BCUT2D eigenvalue weighted by atomic mass is 9.97. The molecule has 1 aliphatic rings. The molecule has 0 unspecified atom stereocenters. The minimum Gasteiger partial charge on any atom is -0.333 e. The molecule has 3 amide bonds. The van der Waals surface area contributed by atoms with Gasteiger partial charge in [-0.25, -0.2) is 17.9 Å². The van der Waals surface area contributed by atoms with Gasteiger partial charge in [0.15, 0.2) is 0 Å². The maximum absolute atomic E-state index is 12.7.